The number of aliphatic carboxylic acids is 2. The Morgan fingerprint density at radius 3 is 0.950 bits per heavy atom. The van der Waals surface area contributed by atoms with Crippen LogP contribution in [0.3, 0.4) is 0 Å². The maximum atomic E-state index is 10.4. The molecule has 0 aliphatic heterocycles. The molecule has 6 nitrogen and oxygen atoms in total. The van der Waals surface area contributed by atoms with Gasteiger partial charge in [0, 0.05) is 0 Å². The van der Waals surface area contributed by atoms with Crippen molar-refractivity contribution in [1.29, 1.82) is 0 Å². The second-order valence-corrected chi connectivity index (χ2v) is 3.78. The minimum Gasteiger partial charge on any atom is -0.549 e. The monoisotopic (exact) mass is 652 g/mol. The predicted octanol–water partition coefficient (Wildman–Crippen LogP) is -1.30. The molecule has 8 heteroatoms. The van der Waals surface area contributed by atoms with Crippen LogP contribution in [0.4, 0.5) is 0 Å². The van der Waals surface area contributed by atoms with E-state index in [-0.39, 0.29) is 56.3 Å². The van der Waals surface area contributed by atoms with E-state index in [0.29, 0.717) is 12.8 Å². The van der Waals surface area contributed by atoms with E-state index in [1.807, 2.05) is 0 Å². The summed E-state index contributed by atoms with van der Waals surface area (Å²) in [5.74, 6) is -5.04. The fraction of sp³-hybridized carbons (Fsp3) is 0.667. The summed E-state index contributed by atoms with van der Waals surface area (Å²) in [4.78, 5) is 40.9. The molecule has 0 aromatic heterocycles. The Morgan fingerprint density at radius 2 is 0.950 bits per heavy atom. The number of carboxylic acid groups (broad SMARTS) is 2. The topological polar surface area (TPSA) is 114 Å². The Balaban J connectivity index is -0.000000116. The summed E-state index contributed by atoms with van der Waals surface area (Å²) in [6.07, 6.45) is 0.634. The SMILES string of the molecule is CCC(C(C)=O)C(=O)[O-].CCC(C(C)=O)C(=O)[O-].[Au+].[Au+]. The number of Topliss-reactive ketones (excluding diaryl/α,β-unsaturated/α-hetero) is 2. The van der Waals surface area contributed by atoms with Crippen molar-refractivity contribution < 1.29 is 74.2 Å². The van der Waals surface area contributed by atoms with E-state index in [4.69, 9.17) is 0 Å². The molecule has 20 heavy (non-hydrogen) atoms. The van der Waals surface area contributed by atoms with Crippen molar-refractivity contribution in [3.8, 4) is 0 Å². The van der Waals surface area contributed by atoms with Gasteiger partial charge >= 0.3 is 44.8 Å². The first-order valence-corrected chi connectivity index (χ1v) is 5.61. The van der Waals surface area contributed by atoms with Crippen LogP contribution in [0.25, 0.3) is 0 Å². The van der Waals surface area contributed by atoms with Crippen LogP contribution in [0, 0.1) is 11.8 Å². The molecule has 0 fully saturated rings. The molecule has 0 N–H and O–H groups in total. The Hall–Kier alpha value is -0.239. The van der Waals surface area contributed by atoms with E-state index in [1.165, 1.54) is 13.8 Å². The summed E-state index contributed by atoms with van der Waals surface area (Å²) in [5, 5.41) is 20.1. The molecule has 0 aliphatic rings. The summed E-state index contributed by atoms with van der Waals surface area (Å²) in [7, 11) is 0. The van der Waals surface area contributed by atoms with E-state index in [0.717, 1.165) is 0 Å². The van der Waals surface area contributed by atoms with Gasteiger partial charge in [-0.05, 0) is 26.7 Å². The number of ketones is 2. The predicted molar refractivity (Wildman–Crippen MR) is 58.9 cm³/mol. The molecule has 2 unspecified atom stereocenters. The first-order valence-electron chi connectivity index (χ1n) is 5.61. The van der Waals surface area contributed by atoms with Crippen molar-refractivity contribution in [3.05, 3.63) is 0 Å². The van der Waals surface area contributed by atoms with Crippen LogP contribution in [0.1, 0.15) is 40.5 Å². The largest absolute Gasteiger partial charge is 1.00 e. The third kappa shape index (κ3) is 12.8. The van der Waals surface area contributed by atoms with Crippen LogP contribution in [0.15, 0.2) is 0 Å². The zero-order valence-corrected chi connectivity index (χ0v) is 16.0. The molecule has 0 radical (unpaired) electrons. The van der Waals surface area contributed by atoms with Crippen LogP contribution in [-0.2, 0) is 63.9 Å². The van der Waals surface area contributed by atoms with E-state index < -0.39 is 23.8 Å². The van der Waals surface area contributed by atoms with Crippen molar-refractivity contribution in [3.63, 3.8) is 0 Å². The van der Waals surface area contributed by atoms with Gasteiger partial charge in [0.2, 0.25) is 0 Å². The van der Waals surface area contributed by atoms with Crippen LogP contribution in [0.5, 0.6) is 0 Å². The summed E-state index contributed by atoms with van der Waals surface area (Å²) in [5.41, 5.74) is 0. The number of hydrogen-bond donors (Lipinski definition) is 0. The Kier molecular flexibility index (Phi) is 21.2. The molecule has 2 atom stereocenters. The minimum absolute atomic E-state index is 0. The normalized spacial score (nSPS) is 11.4. The molecule has 0 aromatic carbocycles. The summed E-state index contributed by atoms with van der Waals surface area (Å²) < 4.78 is 0. The second-order valence-electron chi connectivity index (χ2n) is 3.78. The van der Waals surface area contributed by atoms with Crippen molar-refractivity contribution in [1.82, 2.24) is 0 Å². The molecule has 0 aromatic rings. The van der Waals surface area contributed by atoms with Crippen molar-refractivity contribution in [2.24, 2.45) is 11.8 Å². The second kappa shape index (κ2) is 15.2. The Bertz CT molecular complexity index is 270. The zero-order chi connectivity index (χ0) is 14.9. The first-order chi connectivity index (χ1) is 8.18. The molecule has 124 valence electrons. The van der Waals surface area contributed by atoms with Crippen LogP contribution >= 0.6 is 0 Å². The third-order valence-electron chi connectivity index (χ3n) is 2.37. The van der Waals surface area contributed by atoms with Gasteiger partial charge in [0.15, 0.2) is 0 Å². The average Bonchev–Trinajstić information content (AvgIpc) is 2.17. The van der Waals surface area contributed by atoms with Gasteiger partial charge in [-0.2, -0.15) is 0 Å². The summed E-state index contributed by atoms with van der Waals surface area (Å²) in [6.45, 7) is 5.79. The number of carboxylic acids is 2. The van der Waals surface area contributed by atoms with Crippen molar-refractivity contribution in [2.75, 3.05) is 0 Å². The van der Waals surface area contributed by atoms with Gasteiger partial charge in [0.25, 0.3) is 0 Å². The fourth-order valence-electron chi connectivity index (χ4n) is 1.24. The standard InChI is InChI=1S/2C6H10O3.2Au/c2*1-3-5(4(2)7)6(8)9;;/h2*5H,3H2,1-2H3,(H,8,9);;/q;;2*+1/p-2. The fourth-order valence-corrected chi connectivity index (χ4v) is 1.24. The quantitative estimate of drug-likeness (QED) is 0.261. The van der Waals surface area contributed by atoms with Gasteiger partial charge in [-0.3, -0.25) is 9.59 Å². The molecular formula is C12H18Au2O6. The number of carbonyl (C=O) groups excluding carboxylic acids is 4. The van der Waals surface area contributed by atoms with Gasteiger partial charge in [-0.15, -0.1) is 0 Å². The number of hydrogen-bond acceptors (Lipinski definition) is 6. The van der Waals surface area contributed by atoms with Crippen LogP contribution in [0.2, 0.25) is 0 Å². The van der Waals surface area contributed by atoms with Crippen LogP contribution in [-0.4, -0.2) is 23.5 Å². The Labute approximate surface area is 149 Å². The number of carbonyl (C=O) groups is 4. The summed E-state index contributed by atoms with van der Waals surface area (Å²) in [6, 6.07) is 0. The van der Waals surface area contributed by atoms with Crippen LogP contribution < -0.4 is 10.2 Å². The average molecular weight is 652 g/mol. The van der Waals surface area contributed by atoms with Gasteiger partial charge in [-0.25, -0.2) is 0 Å². The number of rotatable bonds is 6. The molecule has 0 saturated carbocycles. The molecule has 0 spiro atoms. The van der Waals surface area contributed by atoms with Crippen molar-refractivity contribution >= 4 is 23.5 Å². The van der Waals surface area contributed by atoms with Gasteiger partial charge < -0.3 is 19.8 Å². The maximum absolute atomic E-state index is 10.4. The molecule has 0 heterocycles. The molecule has 0 aliphatic carbocycles. The molecule has 0 amide bonds. The molecule has 0 saturated heterocycles. The minimum atomic E-state index is -1.27. The van der Waals surface area contributed by atoms with Gasteiger partial charge in [0.05, 0.1) is 23.8 Å². The molecule has 0 rings (SSSR count). The smallest absolute Gasteiger partial charge is 0.549 e. The zero-order valence-electron chi connectivity index (χ0n) is 11.6. The Morgan fingerprint density at radius 1 is 0.750 bits per heavy atom. The molecular weight excluding hydrogens is 634 g/mol. The summed E-state index contributed by atoms with van der Waals surface area (Å²) >= 11 is 0. The van der Waals surface area contributed by atoms with Crippen molar-refractivity contribution in [2.45, 2.75) is 40.5 Å². The van der Waals surface area contributed by atoms with Gasteiger partial charge in [0.1, 0.15) is 11.6 Å². The van der Waals surface area contributed by atoms with E-state index in [2.05, 4.69) is 0 Å². The van der Waals surface area contributed by atoms with E-state index in [9.17, 15) is 29.4 Å². The molecule has 0 bridgehead atoms. The van der Waals surface area contributed by atoms with E-state index in [1.54, 1.807) is 13.8 Å². The van der Waals surface area contributed by atoms with Gasteiger partial charge in [-0.1, -0.05) is 13.8 Å². The van der Waals surface area contributed by atoms with E-state index >= 15 is 0 Å². The first kappa shape index (κ1) is 28.0. The maximum Gasteiger partial charge on any atom is 1.00 e. The third-order valence-corrected chi connectivity index (χ3v) is 2.37.